The third kappa shape index (κ3) is 4.67. The highest BCUT2D eigenvalue weighted by atomic mass is 79.9. The van der Waals surface area contributed by atoms with Crippen LogP contribution >= 0.6 is 15.9 Å². The largest absolute Gasteiger partial charge is 0.493 e. The van der Waals surface area contributed by atoms with E-state index in [-0.39, 0.29) is 0 Å². The number of benzene rings is 1. The van der Waals surface area contributed by atoms with Crippen LogP contribution in [0.15, 0.2) is 16.6 Å². The summed E-state index contributed by atoms with van der Waals surface area (Å²) < 4.78 is 11.3. The van der Waals surface area contributed by atoms with Crippen molar-refractivity contribution in [1.29, 1.82) is 0 Å². The summed E-state index contributed by atoms with van der Waals surface area (Å²) in [7, 11) is 3.17. The molecule has 4 nitrogen and oxygen atoms in total. The molecule has 0 fully saturated rings. The van der Waals surface area contributed by atoms with Crippen LogP contribution in [0.3, 0.4) is 0 Å². The number of halogens is 1. The van der Waals surface area contributed by atoms with Crippen LogP contribution in [0.1, 0.15) is 25.5 Å². The van der Waals surface area contributed by atoms with Gasteiger partial charge in [0.15, 0.2) is 11.5 Å². The summed E-state index contributed by atoms with van der Waals surface area (Å²) in [4.78, 5) is 0. The molecule has 0 radical (unpaired) electrons. The van der Waals surface area contributed by atoms with Crippen molar-refractivity contribution in [2.24, 2.45) is 5.92 Å². The highest BCUT2D eigenvalue weighted by Crippen LogP contribution is 2.35. The first-order chi connectivity index (χ1) is 8.99. The van der Waals surface area contributed by atoms with Crippen molar-refractivity contribution in [1.82, 2.24) is 5.32 Å². The molecule has 0 aliphatic heterocycles. The van der Waals surface area contributed by atoms with Gasteiger partial charge in [-0.3, -0.25) is 0 Å². The molecule has 0 aromatic heterocycles. The van der Waals surface area contributed by atoms with E-state index in [4.69, 9.17) is 9.47 Å². The van der Waals surface area contributed by atoms with Crippen LogP contribution in [0.2, 0.25) is 0 Å². The van der Waals surface area contributed by atoms with E-state index in [1.165, 1.54) is 0 Å². The molecule has 1 aromatic rings. The van der Waals surface area contributed by atoms with Crippen molar-refractivity contribution < 1.29 is 14.6 Å². The van der Waals surface area contributed by atoms with Gasteiger partial charge in [0.1, 0.15) is 0 Å². The minimum atomic E-state index is -0.590. The minimum absolute atomic E-state index is 0.506. The molecular weight excluding hydrogens is 310 g/mol. The van der Waals surface area contributed by atoms with E-state index in [1.807, 2.05) is 0 Å². The molecule has 19 heavy (non-hydrogen) atoms. The van der Waals surface area contributed by atoms with Gasteiger partial charge >= 0.3 is 0 Å². The molecular formula is C14H22BrNO3. The fourth-order valence-corrected chi connectivity index (χ4v) is 2.33. The fourth-order valence-electron chi connectivity index (χ4n) is 1.74. The van der Waals surface area contributed by atoms with E-state index in [2.05, 4.69) is 35.1 Å². The first-order valence-corrected chi connectivity index (χ1v) is 7.09. The number of hydrogen-bond donors (Lipinski definition) is 2. The van der Waals surface area contributed by atoms with Crippen molar-refractivity contribution in [3.8, 4) is 11.5 Å². The SMILES string of the molecule is COc1cc(Br)c([C@H](O)CNCC(C)C)cc1OC. The predicted molar refractivity (Wildman–Crippen MR) is 79.9 cm³/mol. The summed E-state index contributed by atoms with van der Waals surface area (Å²) in [6, 6.07) is 3.60. The summed E-state index contributed by atoms with van der Waals surface area (Å²) in [5.74, 6) is 1.81. The first-order valence-electron chi connectivity index (χ1n) is 6.29. The number of ether oxygens (including phenoxy) is 2. The van der Waals surface area contributed by atoms with Crippen LogP contribution in [0.5, 0.6) is 11.5 Å². The Hall–Kier alpha value is -0.780. The van der Waals surface area contributed by atoms with Crippen molar-refractivity contribution in [3.05, 3.63) is 22.2 Å². The summed E-state index contributed by atoms with van der Waals surface area (Å²) in [6.07, 6.45) is -0.590. The average Bonchev–Trinajstić information content (AvgIpc) is 2.37. The number of nitrogens with one attached hydrogen (secondary N) is 1. The van der Waals surface area contributed by atoms with Gasteiger partial charge in [-0.05, 0) is 30.2 Å². The molecule has 0 aliphatic rings. The molecule has 0 unspecified atom stereocenters. The Morgan fingerprint density at radius 2 is 1.74 bits per heavy atom. The van der Waals surface area contributed by atoms with Crippen LogP contribution in [0, 0.1) is 5.92 Å². The zero-order valence-electron chi connectivity index (χ0n) is 11.9. The Morgan fingerprint density at radius 1 is 1.16 bits per heavy atom. The number of methoxy groups -OCH3 is 2. The lowest BCUT2D eigenvalue weighted by Gasteiger charge is -2.17. The Bertz CT molecular complexity index is 410. The van der Waals surface area contributed by atoms with Crippen LogP contribution < -0.4 is 14.8 Å². The van der Waals surface area contributed by atoms with E-state index >= 15 is 0 Å². The lowest BCUT2D eigenvalue weighted by Crippen LogP contribution is -2.25. The van der Waals surface area contributed by atoms with Gasteiger partial charge in [0, 0.05) is 11.0 Å². The van der Waals surface area contributed by atoms with Crippen LogP contribution in [-0.2, 0) is 0 Å². The molecule has 2 N–H and O–H groups in total. The van der Waals surface area contributed by atoms with E-state index in [1.54, 1.807) is 26.4 Å². The van der Waals surface area contributed by atoms with Gasteiger partial charge in [-0.15, -0.1) is 0 Å². The fraction of sp³-hybridized carbons (Fsp3) is 0.571. The van der Waals surface area contributed by atoms with Crippen molar-refractivity contribution in [2.45, 2.75) is 20.0 Å². The molecule has 0 spiro atoms. The van der Waals surface area contributed by atoms with Crippen molar-refractivity contribution in [2.75, 3.05) is 27.3 Å². The average molecular weight is 332 g/mol. The summed E-state index contributed by atoms with van der Waals surface area (Å²) in [5.41, 5.74) is 0.786. The molecule has 0 saturated heterocycles. The van der Waals surface area contributed by atoms with Crippen LogP contribution in [0.25, 0.3) is 0 Å². The molecule has 0 bridgehead atoms. The Balaban J connectivity index is 2.81. The maximum atomic E-state index is 10.2. The van der Waals surface area contributed by atoms with Gasteiger partial charge in [-0.2, -0.15) is 0 Å². The van der Waals surface area contributed by atoms with E-state index in [0.29, 0.717) is 24.0 Å². The normalized spacial score (nSPS) is 12.6. The Labute approximate surface area is 123 Å². The molecule has 5 heteroatoms. The van der Waals surface area contributed by atoms with Gasteiger partial charge < -0.3 is 19.9 Å². The third-order valence-electron chi connectivity index (χ3n) is 2.75. The molecule has 108 valence electrons. The van der Waals surface area contributed by atoms with Crippen molar-refractivity contribution in [3.63, 3.8) is 0 Å². The maximum absolute atomic E-state index is 10.2. The Kier molecular flexibility index (Phi) is 6.62. The van der Waals surface area contributed by atoms with Gasteiger partial charge in [-0.25, -0.2) is 0 Å². The Morgan fingerprint density at radius 3 is 2.26 bits per heavy atom. The molecule has 1 rings (SSSR count). The van der Waals surface area contributed by atoms with E-state index in [9.17, 15) is 5.11 Å². The smallest absolute Gasteiger partial charge is 0.161 e. The number of rotatable bonds is 7. The zero-order valence-corrected chi connectivity index (χ0v) is 13.5. The third-order valence-corrected chi connectivity index (χ3v) is 3.44. The van der Waals surface area contributed by atoms with Gasteiger partial charge in [0.2, 0.25) is 0 Å². The molecule has 1 aromatic carbocycles. The van der Waals surface area contributed by atoms with Crippen LogP contribution in [-0.4, -0.2) is 32.4 Å². The van der Waals surface area contributed by atoms with Gasteiger partial charge in [-0.1, -0.05) is 29.8 Å². The lowest BCUT2D eigenvalue weighted by molar-refractivity contribution is 0.172. The quantitative estimate of drug-likeness (QED) is 0.806. The summed E-state index contributed by atoms with van der Waals surface area (Å²) in [5, 5.41) is 13.4. The van der Waals surface area contributed by atoms with Crippen LogP contribution in [0.4, 0.5) is 0 Å². The second-order valence-corrected chi connectivity index (χ2v) is 5.65. The van der Waals surface area contributed by atoms with Gasteiger partial charge in [0.25, 0.3) is 0 Å². The van der Waals surface area contributed by atoms with Gasteiger partial charge in [0.05, 0.1) is 20.3 Å². The number of aliphatic hydroxyl groups excluding tert-OH is 1. The monoisotopic (exact) mass is 331 g/mol. The maximum Gasteiger partial charge on any atom is 0.161 e. The standard InChI is InChI=1S/C14H22BrNO3/c1-9(2)7-16-8-12(17)10-5-13(18-3)14(19-4)6-11(10)15/h5-6,9,12,16-17H,7-8H2,1-4H3/t12-/m1/s1. The minimum Gasteiger partial charge on any atom is -0.493 e. The van der Waals surface area contributed by atoms with E-state index < -0.39 is 6.10 Å². The first kappa shape index (κ1) is 16.3. The van der Waals surface area contributed by atoms with Crippen molar-refractivity contribution >= 4 is 15.9 Å². The number of aliphatic hydroxyl groups is 1. The second-order valence-electron chi connectivity index (χ2n) is 4.80. The lowest BCUT2D eigenvalue weighted by atomic mass is 10.1. The molecule has 0 saturated carbocycles. The molecule has 0 heterocycles. The van der Waals surface area contributed by atoms with E-state index in [0.717, 1.165) is 16.6 Å². The molecule has 0 aliphatic carbocycles. The number of hydrogen-bond acceptors (Lipinski definition) is 4. The highest BCUT2D eigenvalue weighted by molar-refractivity contribution is 9.10. The summed E-state index contributed by atoms with van der Waals surface area (Å²) >= 11 is 3.45. The second kappa shape index (κ2) is 7.72. The molecule has 0 amide bonds. The predicted octanol–water partition coefficient (Wildman–Crippen LogP) is 2.75. The molecule has 1 atom stereocenters. The highest BCUT2D eigenvalue weighted by Gasteiger charge is 2.16. The zero-order chi connectivity index (χ0) is 14.4. The summed E-state index contributed by atoms with van der Waals surface area (Å²) in [6.45, 7) is 5.64. The topological polar surface area (TPSA) is 50.7 Å².